The number of ether oxygens (including phenoxy) is 1. The molecule has 4 rings (SSSR count). The van der Waals surface area contributed by atoms with E-state index in [0.717, 1.165) is 23.3 Å². The summed E-state index contributed by atoms with van der Waals surface area (Å²) in [6.07, 6.45) is 2.93. The molecule has 9 nitrogen and oxygen atoms in total. The Kier molecular flexibility index (Phi) is 5.36. The van der Waals surface area contributed by atoms with Crippen molar-refractivity contribution >= 4 is 23.8 Å². The number of fused-ring (bicyclic) bond motifs is 1. The number of urea groups is 1. The lowest BCUT2D eigenvalue weighted by Gasteiger charge is -2.29. The highest BCUT2D eigenvalue weighted by atomic mass is 16.5. The highest BCUT2D eigenvalue weighted by molar-refractivity contribution is 6.02. The van der Waals surface area contributed by atoms with Crippen LogP contribution in [0.3, 0.4) is 0 Å². The monoisotopic (exact) mass is 414 g/mol. The van der Waals surface area contributed by atoms with E-state index < -0.39 is 11.6 Å². The molecule has 160 valence electrons. The number of likely N-dealkylation sites (tertiary alicyclic amines) is 1. The molecule has 3 heterocycles. The van der Waals surface area contributed by atoms with Crippen molar-refractivity contribution in [3.63, 3.8) is 0 Å². The van der Waals surface area contributed by atoms with Gasteiger partial charge < -0.3 is 20.3 Å². The van der Waals surface area contributed by atoms with Gasteiger partial charge in [0.25, 0.3) is 5.91 Å². The molecule has 9 heteroatoms. The molecule has 3 aliphatic rings. The zero-order chi connectivity index (χ0) is 21.3. The Bertz CT molecular complexity index is 885. The van der Waals surface area contributed by atoms with Gasteiger partial charge in [0.05, 0.1) is 19.2 Å². The SMILES string of the molecule is COc1ccc2c(c1)C(=O)NC1(CC2)CCN(C(=O)CCCN2C(=O)CNC2=O)C1. The third-order valence-electron chi connectivity index (χ3n) is 6.23. The van der Waals surface area contributed by atoms with Crippen LogP contribution in [0.1, 0.15) is 41.6 Å². The normalized spacial score (nSPS) is 23.3. The van der Waals surface area contributed by atoms with E-state index in [1.54, 1.807) is 18.1 Å². The van der Waals surface area contributed by atoms with E-state index in [1.165, 1.54) is 0 Å². The lowest BCUT2D eigenvalue weighted by atomic mass is 9.91. The molecule has 0 radical (unpaired) electrons. The van der Waals surface area contributed by atoms with Gasteiger partial charge in [-0.2, -0.15) is 0 Å². The van der Waals surface area contributed by atoms with Crippen molar-refractivity contribution in [2.45, 2.75) is 37.6 Å². The summed E-state index contributed by atoms with van der Waals surface area (Å²) in [5, 5.41) is 5.64. The Balaban J connectivity index is 1.34. The average Bonchev–Trinajstić information content (AvgIpc) is 3.26. The number of nitrogens with one attached hydrogen (secondary N) is 2. The van der Waals surface area contributed by atoms with Crippen LogP contribution in [0, 0.1) is 0 Å². The first-order valence-corrected chi connectivity index (χ1v) is 10.3. The molecule has 2 N–H and O–H groups in total. The van der Waals surface area contributed by atoms with Crippen LogP contribution in [0.5, 0.6) is 5.75 Å². The zero-order valence-electron chi connectivity index (χ0n) is 17.0. The number of carbonyl (C=O) groups is 4. The van der Waals surface area contributed by atoms with Crippen molar-refractivity contribution in [2.75, 3.05) is 33.3 Å². The molecular weight excluding hydrogens is 388 g/mol. The maximum Gasteiger partial charge on any atom is 0.324 e. The molecule has 0 saturated carbocycles. The van der Waals surface area contributed by atoms with Gasteiger partial charge in [0.15, 0.2) is 0 Å². The topological polar surface area (TPSA) is 108 Å². The summed E-state index contributed by atoms with van der Waals surface area (Å²) in [5.41, 5.74) is 1.19. The molecule has 0 aliphatic carbocycles. The molecule has 1 aromatic rings. The van der Waals surface area contributed by atoms with Crippen molar-refractivity contribution < 1.29 is 23.9 Å². The third-order valence-corrected chi connectivity index (χ3v) is 6.23. The van der Waals surface area contributed by atoms with Crippen LogP contribution in [-0.2, 0) is 16.0 Å². The minimum Gasteiger partial charge on any atom is -0.497 e. The first-order valence-electron chi connectivity index (χ1n) is 10.3. The molecule has 1 spiro atoms. The maximum atomic E-state index is 12.8. The Labute approximate surface area is 174 Å². The predicted molar refractivity (Wildman–Crippen MR) is 107 cm³/mol. The van der Waals surface area contributed by atoms with Crippen LogP contribution in [0.2, 0.25) is 0 Å². The average molecular weight is 414 g/mol. The number of hydrogen-bond acceptors (Lipinski definition) is 5. The van der Waals surface area contributed by atoms with Gasteiger partial charge in [-0.15, -0.1) is 0 Å². The number of hydrogen-bond donors (Lipinski definition) is 2. The highest BCUT2D eigenvalue weighted by Gasteiger charge is 2.42. The number of nitrogens with zero attached hydrogens (tertiary/aromatic N) is 2. The second kappa shape index (κ2) is 7.97. The summed E-state index contributed by atoms with van der Waals surface area (Å²) >= 11 is 0. The van der Waals surface area contributed by atoms with Gasteiger partial charge in [0, 0.05) is 31.6 Å². The van der Waals surface area contributed by atoms with E-state index in [1.807, 2.05) is 12.1 Å². The quantitative estimate of drug-likeness (QED) is 0.689. The zero-order valence-corrected chi connectivity index (χ0v) is 17.0. The number of amides is 5. The molecule has 1 aromatic carbocycles. The molecule has 5 amide bonds. The van der Waals surface area contributed by atoms with Crippen molar-refractivity contribution in [3.05, 3.63) is 29.3 Å². The lowest BCUT2D eigenvalue weighted by molar-refractivity contribution is -0.131. The van der Waals surface area contributed by atoms with Crippen molar-refractivity contribution in [1.29, 1.82) is 0 Å². The highest BCUT2D eigenvalue weighted by Crippen LogP contribution is 2.32. The second-order valence-corrected chi connectivity index (χ2v) is 8.13. The van der Waals surface area contributed by atoms with E-state index >= 15 is 0 Å². The molecule has 2 saturated heterocycles. The van der Waals surface area contributed by atoms with Crippen molar-refractivity contribution in [1.82, 2.24) is 20.4 Å². The van der Waals surface area contributed by atoms with Crippen LogP contribution in [0.15, 0.2) is 18.2 Å². The van der Waals surface area contributed by atoms with Gasteiger partial charge in [-0.25, -0.2) is 4.79 Å². The molecule has 0 bridgehead atoms. The van der Waals surface area contributed by atoms with Crippen molar-refractivity contribution in [2.24, 2.45) is 0 Å². The fourth-order valence-corrected chi connectivity index (χ4v) is 4.48. The van der Waals surface area contributed by atoms with Gasteiger partial charge in [-0.1, -0.05) is 6.07 Å². The van der Waals surface area contributed by atoms with E-state index in [2.05, 4.69) is 10.6 Å². The van der Waals surface area contributed by atoms with Gasteiger partial charge in [0.2, 0.25) is 11.8 Å². The summed E-state index contributed by atoms with van der Waals surface area (Å²) in [4.78, 5) is 51.6. The Morgan fingerprint density at radius 2 is 2.07 bits per heavy atom. The van der Waals surface area contributed by atoms with Crippen LogP contribution in [0.4, 0.5) is 4.79 Å². The molecule has 0 aromatic heterocycles. The predicted octanol–water partition coefficient (Wildman–Crippen LogP) is 0.674. The number of rotatable bonds is 5. The summed E-state index contributed by atoms with van der Waals surface area (Å²) in [6.45, 7) is 1.33. The number of imide groups is 1. The fourth-order valence-electron chi connectivity index (χ4n) is 4.48. The van der Waals surface area contributed by atoms with E-state index in [-0.39, 0.29) is 37.2 Å². The number of carbonyl (C=O) groups excluding carboxylic acids is 4. The first-order chi connectivity index (χ1) is 14.4. The van der Waals surface area contributed by atoms with E-state index in [0.29, 0.717) is 37.2 Å². The minimum atomic E-state index is -0.427. The Morgan fingerprint density at radius 1 is 1.23 bits per heavy atom. The summed E-state index contributed by atoms with van der Waals surface area (Å²) in [7, 11) is 1.57. The van der Waals surface area contributed by atoms with Gasteiger partial charge in [0.1, 0.15) is 5.75 Å². The van der Waals surface area contributed by atoms with Gasteiger partial charge in [-0.05, 0) is 43.4 Å². The standard InChI is InChI=1S/C21H26N4O5/c1-30-15-5-4-14-6-7-21(23-19(28)16(14)11-15)8-10-24(13-21)17(26)3-2-9-25-18(27)12-22-20(25)29/h4-5,11H,2-3,6-10,12-13H2,1H3,(H,22,29)(H,23,28). The summed E-state index contributed by atoms with van der Waals surface area (Å²) < 4.78 is 5.24. The lowest BCUT2D eigenvalue weighted by Crippen LogP contribution is -2.50. The minimum absolute atomic E-state index is 0.0170. The fraction of sp³-hybridized carbons (Fsp3) is 0.524. The van der Waals surface area contributed by atoms with Crippen LogP contribution >= 0.6 is 0 Å². The van der Waals surface area contributed by atoms with Crippen molar-refractivity contribution in [3.8, 4) is 5.75 Å². The van der Waals surface area contributed by atoms with Gasteiger partial charge >= 0.3 is 6.03 Å². The number of aryl methyl sites for hydroxylation is 1. The smallest absolute Gasteiger partial charge is 0.324 e. The van der Waals surface area contributed by atoms with Crippen LogP contribution in [0.25, 0.3) is 0 Å². The van der Waals surface area contributed by atoms with E-state index in [4.69, 9.17) is 4.74 Å². The maximum absolute atomic E-state index is 12.8. The molecule has 1 atom stereocenters. The molecule has 3 aliphatic heterocycles. The van der Waals surface area contributed by atoms with Crippen LogP contribution < -0.4 is 15.4 Å². The summed E-state index contributed by atoms with van der Waals surface area (Å²) in [5.74, 6) is 0.240. The number of benzene rings is 1. The molecule has 1 unspecified atom stereocenters. The Hall–Kier alpha value is -3.10. The third kappa shape index (κ3) is 3.83. The van der Waals surface area contributed by atoms with Gasteiger partial charge in [-0.3, -0.25) is 19.3 Å². The molecule has 30 heavy (non-hydrogen) atoms. The first kappa shape index (κ1) is 20.2. The Morgan fingerprint density at radius 3 is 2.80 bits per heavy atom. The van der Waals surface area contributed by atoms with E-state index in [9.17, 15) is 19.2 Å². The second-order valence-electron chi connectivity index (χ2n) is 8.13. The van der Waals surface area contributed by atoms with Crippen LogP contribution in [-0.4, -0.2) is 72.4 Å². The largest absolute Gasteiger partial charge is 0.497 e. The molecular formula is C21H26N4O5. The summed E-state index contributed by atoms with van der Waals surface area (Å²) in [6, 6.07) is 5.16. The molecule has 2 fully saturated rings. The number of methoxy groups -OCH3 is 1.